The van der Waals surface area contributed by atoms with E-state index in [0.29, 0.717) is 0 Å². The quantitative estimate of drug-likeness (QED) is 0.213. The summed E-state index contributed by atoms with van der Waals surface area (Å²) in [6, 6.07) is 12.5. The van der Waals surface area contributed by atoms with Crippen LogP contribution in [0.1, 0.15) is 11.3 Å². The van der Waals surface area contributed by atoms with Crippen molar-refractivity contribution in [2.45, 2.75) is 28.9 Å². The molecule has 1 unspecified atom stereocenters. The van der Waals surface area contributed by atoms with Crippen molar-refractivity contribution in [3.05, 3.63) is 72.1 Å². The molecule has 0 aliphatic heterocycles. The first kappa shape index (κ1) is 31.7. The minimum atomic E-state index is -4.56. The van der Waals surface area contributed by atoms with Gasteiger partial charge in [-0.3, -0.25) is 4.98 Å². The number of alkyl halides is 3. The normalized spacial score (nSPS) is 12.5. The Bertz CT molecular complexity index is 1610. The van der Waals surface area contributed by atoms with Crippen molar-refractivity contribution in [2.75, 3.05) is 13.2 Å². The molecular weight excluding hydrogens is 586 g/mol. The number of benzene rings is 2. The van der Waals surface area contributed by atoms with Crippen LogP contribution in [0.25, 0.3) is 11.0 Å². The number of fused-ring (bicyclic) bond motifs is 1. The predicted molar refractivity (Wildman–Crippen MR) is 140 cm³/mol. The van der Waals surface area contributed by atoms with Crippen LogP contribution in [0.5, 0.6) is 11.5 Å². The summed E-state index contributed by atoms with van der Waals surface area (Å²) >= 11 is -2.11. The molecule has 0 fully saturated rings. The first-order valence-corrected chi connectivity index (χ1v) is 13.8. The molecule has 40 heavy (non-hydrogen) atoms. The van der Waals surface area contributed by atoms with E-state index < -0.39 is 46.6 Å². The fraction of sp³-hybridized carbons (Fsp3) is 0.208. The van der Waals surface area contributed by atoms with Gasteiger partial charge in [0.2, 0.25) is 0 Å². The maximum atomic E-state index is 13.7. The molecule has 16 heteroatoms. The van der Waals surface area contributed by atoms with Crippen molar-refractivity contribution in [3.63, 3.8) is 0 Å². The van der Waals surface area contributed by atoms with Crippen molar-refractivity contribution < 1.29 is 45.5 Å². The van der Waals surface area contributed by atoms with Gasteiger partial charge in [0.1, 0.15) is 11.5 Å². The number of para-hydroxylation sites is 2. The van der Waals surface area contributed by atoms with Crippen LogP contribution in [0.4, 0.5) is 13.2 Å². The number of carboxylic acid groups (broad SMARTS) is 1. The van der Waals surface area contributed by atoms with E-state index in [9.17, 15) is 30.9 Å². The molecule has 0 radical (unpaired) electrons. The van der Waals surface area contributed by atoms with E-state index in [1.807, 2.05) is 0 Å². The number of nitrogens with zero attached hydrogens (tertiary/aromatic N) is 3. The van der Waals surface area contributed by atoms with Crippen LogP contribution in [-0.4, -0.2) is 86.9 Å². The Morgan fingerprint density at radius 1 is 1.10 bits per heavy atom. The number of pyridine rings is 1. The van der Waals surface area contributed by atoms with Crippen molar-refractivity contribution >= 4 is 67.8 Å². The summed E-state index contributed by atoms with van der Waals surface area (Å²) < 4.78 is 89.4. The fourth-order valence-corrected chi connectivity index (χ4v) is 6.57. The molecule has 2 aromatic heterocycles. The summed E-state index contributed by atoms with van der Waals surface area (Å²) in [5.41, 5.74) is 0.762. The number of hydrogen-bond donors (Lipinski definition) is 1. The van der Waals surface area contributed by atoms with Crippen molar-refractivity contribution in [2.24, 2.45) is 0 Å². The topological polar surface area (TPSA) is 144 Å². The van der Waals surface area contributed by atoms with E-state index >= 15 is 0 Å². The van der Waals surface area contributed by atoms with Crippen molar-refractivity contribution in [1.29, 1.82) is 0 Å². The van der Waals surface area contributed by atoms with E-state index in [0.717, 1.165) is 3.97 Å². The number of rotatable bonds is 10. The summed E-state index contributed by atoms with van der Waals surface area (Å²) in [5, 5.41) is 8.43. The molecule has 2 aromatic carbocycles. The zero-order valence-corrected chi connectivity index (χ0v) is 21.7. The van der Waals surface area contributed by atoms with Gasteiger partial charge in [-0.05, 0) is 49.4 Å². The van der Waals surface area contributed by atoms with E-state index in [1.54, 1.807) is 18.2 Å². The summed E-state index contributed by atoms with van der Waals surface area (Å²) in [6.45, 7) is -0.676. The van der Waals surface area contributed by atoms with Gasteiger partial charge < -0.3 is 19.1 Å². The third-order valence-electron chi connectivity index (χ3n) is 5.34. The molecule has 4 aromatic rings. The van der Waals surface area contributed by atoms with Crippen LogP contribution in [0.3, 0.4) is 0 Å². The number of imidazole rings is 1. The number of carboxylic acids is 1. The Hall–Kier alpha value is -2.82. The van der Waals surface area contributed by atoms with Gasteiger partial charge in [0.15, 0.2) is 19.0 Å². The Morgan fingerprint density at radius 3 is 2.42 bits per heavy atom. The predicted octanol–water partition coefficient (Wildman–Crippen LogP) is 3.04. The van der Waals surface area contributed by atoms with E-state index in [1.165, 1.54) is 49.5 Å². The molecule has 1 N–H and O–H groups in total. The summed E-state index contributed by atoms with van der Waals surface area (Å²) in [4.78, 5) is 18.9. The molecule has 0 aliphatic rings. The third kappa shape index (κ3) is 7.27. The van der Waals surface area contributed by atoms with Gasteiger partial charge in [-0.15, -0.1) is 0 Å². The SMILES string of the molecule is Cc1c(OCC(F)(F)F)ccnc1C[S+]([O-])c1nc2ccccc2n1S(=O)(=O)c1ccc(OCC(=O)O)cc1.[NaH]. The Morgan fingerprint density at radius 2 is 1.77 bits per heavy atom. The Labute approximate surface area is 251 Å². The fourth-order valence-electron chi connectivity index (χ4n) is 3.53. The Balaban J connectivity index is 0.00000441. The zero-order valence-electron chi connectivity index (χ0n) is 20.1. The zero-order chi connectivity index (χ0) is 28.4. The molecule has 208 valence electrons. The monoisotopic (exact) mass is 607 g/mol. The molecule has 0 bridgehead atoms. The number of halogens is 3. The van der Waals surface area contributed by atoms with Crippen LogP contribution < -0.4 is 9.47 Å². The van der Waals surface area contributed by atoms with Gasteiger partial charge in [0, 0.05) is 22.9 Å². The average molecular weight is 608 g/mol. The molecule has 0 saturated heterocycles. The maximum absolute atomic E-state index is 13.7. The standard InChI is InChI=1S/C24H20F3N3O7S2.Na.H/c1-15-19(28-11-10-21(15)37-14-24(25,26)27)13-38(33)23-29-18-4-2-3-5-20(18)30(23)39(34,35)17-8-6-16(7-9-17)36-12-22(31)32;;/h2-11H,12-14H2,1H3,(H,31,32);;. The summed E-state index contributed by atoms with van der Waals surface area (Å²) in [5.74, 6) is -1.52. The second kappa shape index (κ2) is 12.8. The summed E-state index contributed by atoms with van der Waals surface area (Å²) in [7, 11) is -4.36. The molecule has 2 heterocycles. The van der Waals surface area contributed by atoms with E-state index in [-0.39, 0.29) is 79.2 Å². The first-order chi connectivity index (χ1) is 18.4. The molecule has 4 rings (SSSR count). The molecule has 1 atom stereocenters. The molecule has 0 saturated carbocycles. The van der Waals surface area contributed by atoms with Gasteiger partial charge in [-0.1, -0.05) is 12.1 Å². The van der Waals surface area contributed by atoms with Gasteiger partial charge in [-0.25, -0.2) is 13.2 Å². The first-order valence-electron chi connectivity index (χ1n) is 11.1. The summed E-state index contributed by atoms with van der Waals surface area (Å²) in [6.07, 6.45) is -3.35. The van der Waals surface area contributed by atoms with E-state index in [2.05, 4.69) is 9.97 Å². The van der Waals surface area contributed by atoms with Crippen LogP contribution in [0.15, 0.2) is 70.8 Å². The van der Waals surface area contributed by atoms with Gasteiger partial charge in [0.05, 0.1) is 21.6 Å². The number of aromatic nitrogens is 3. The minimum absolute atomic E-state index is 0. The number of carbonyl (C=O) groups is 1. The second-order valence-electron chi connectivity index (χ2n) is 8.08. The molecule has 0 spiro atoms. The third-order valence-corrected chi connectivity index (χ3v) is 8.39. The van der Waals surface area contributed by atoms with Gasteiger partial charge in [0.25, 0.3) is 10.0 Å². The van der Waals surface area contributed by atoms with Crippen LogP contribution in [0.2, 0.25) is 0 Å². The molecular formula is C24H21F3N3NaO7S2. The molecule has 0 aliphatic carbocycles. The van der Waals surface area contributed by atoms with E-state index in [4.69, 9.17) is 14.6 Å². The number of aliphatic carboxylic acids is 1. The average Bonchev–Trinajstić information content (AvgIpc) is 3.28. The van der Waals surface area contributed by atoms with Gasteiger partial charge in [-0.2, -0.15) is 22.1 Å². The Kier molecular flexibility index (Phi) is 10.1. The molecule has 0 amide bonds. The molecule has 10 nitrogen and oxygen atoms in total. The van der Waals surface area contributed by atoms with Crippen molar-refractivity contribution in [3.8, 4) is 11.5 Å². The second-order valence-corrected chi connectivity index (χ2v) is 11.2. The van der Waals surface area contributed by atoms with Crippen LogP contribution >= 0.6 is 0 Å². The van der Waals surface area contributed by atoms with Crippen molar-refractivity contribution in [1.82, 2.24) is 13.9 Å². The van der Waals surface area contributed by atoms with Gasteiger partial charge >= 0.3 is 46.9 Å². The van der Waals surface area contributed by atoms with Crippen LogP contribution in [0, 0.1) is 6.92 Å². The number of hydrogen-bond acceptors (Lipinski definition) is 8. The number of ether oxygens (including phenoxy) is 2. The van der Waals surface area contributed by atoms with Crippen LogP contribution in [-0.2, 0) is 31.7 Å².